The van der Waals surface area contributed by atoms with Gasteiger partial charge in [-0.2, -0.15) is 4.98 Å². The molecular weight excluding hydrogens is 381 g/mol. The zero-order chi connectivity index (χ0) is 21.1. The molecule has 1 aromatic heterocycles. The van der Waals surface area contributed by atoms with E-state index in [1.54, 1.807) is 12.1 Å². The molecule has 29 heavy (non-hydrogen) atoms. The van der Waals surface area contributed by atoms with E-state index in [1.165, 1.54) is 18.2 Å². The number of hydrogen-bond acceptors (Lipinski definition) is 5. The second kappa shape index (κ2) is 7.98. The predicted octanol–water partition coefficient (Wildman–Crippen LogP) is 6.00. The molecule has 0 amide bonds. The molecule has 0 fully saturated rings. The maximum atomic E-state index is 12.5. The summed E-state index contributed by atoms with van der Waals surface area (Å²) in [7, 11) is 0. The summed E-state index contributed by atoms with van der Waals surface area (Å²) in [5, 5.41) is 6.25. The van der Waals surface area contributed by atoms with Crippen molar-refractivity contribution in [2.75, 3.05) is 10.6 Å². The number of ether oxygens (including phenoxy) is 1. The average Bonchev–Trinajstić information content (AvgIpc) is 2.59. The zero-order valence-corrected chi connectivity index (χ0v) is 16.2. The normalized spacial score (nSPS) is 11.8. The SMILES string of the molecule is CC(C)(C)Nc1nc(Nc2cccc(OC(F)(F)F)c2)cc(-c2ccccc2)n1. The highest BCUT2D eigenvalue weighted by Gasteiger charge is 2.31. The molecule has 0 spiro atoms. The smallest absolute Gasteiger partial charge is 0.406 e. The fraction of sp³-hybridized carbons (Fsp3) is 0.238. The minimum absolute atomic E-state index is 0.271. The number of aromatic nitrogens is 2. The quantitative estimate of drug-likeness (QED) is 0.548. The fourth-order valence-corrected chi connectivity index (χ4v) is 2.58. The van der Waals surface area contributed by atoms with Crippen LogP contribution in [0.5, 0.6) is 5.75 Å². The molecule has 5 nitrogen and oxygen atoms in total. The standard InChI is InChI=1S/C21H21F3N4O/c1-20(2,3)28-19-26-17(14-8-5-4-6-9-14)13-18(27-19)25-15-10-7-11-16(12-15)29-21(22,23)24/h4-13H,1-3H3,(H2,25,26,27,28). The van der Waals surface area contributed by atoms with Gasteiger partial charge in [0.1, 0.15) is 11.6 Å². The maximum Gasteiger partial charge on any atom is 0.573 e. The molecule has 0 unspecified atom stereocenters. The molecule has 0 aliphatic rings. The Bertz CT molecular complexity index is 970. The number of nitrogens with one attached hydrogen (secondary N) is 2. The molecule has 3 rings (SSSR count). The molecule has 3 aromatic rings. The van der Waals surface area contributed by atoms with E-state index in [1.807, 2.05) is 51.1 Å². The monoisotopic (exact) mass is 402 g/mol. The van der Waals surface area contributed by atoms with Gasteiger partial charge >= 0.3 is 6.36 Å². The Morgan fingerprint density at radius 3 is 2.24 bits per heavy atom. The second-order valence-corrected chi connectivity index (χ2v) is 7.40. The Labute approximate surface area is 167 Å². The van der Waals surface area contributed by atoms with Gasteiger partial charge in [-0.05, 0) is 32.9 Å². The van der Waals surface area contributed by atoms with Crippen molar-refractivity contribution < 1.29 is 17.9 Å². The second-order valence-electron chi connectivity index (χ2n) is 7.40. The first kappa shape index (κ1) is 20.4. The molecule has 0 saturated heterocycles. The van der Waals surface area contributed by atoms with E-state index in [2.05, 4.69) is 25.3 Å². The van der Waals surface area contributed by atoms with Crippen LogP contribution < -0.4 is 15.4 Å². The van der Waals surface area contributed by atoms with Gasteiger partial charge in [0.15, 0.2) is 0 Å². The van der Waals surface area contributed by atoms with Crippen molar-refractivity contribution in [2.24, 2.45) is 0 Å². The molecule has 0 aliphatic heterocycles. The highest BCUT2D eigenvalue weighted by molar-refractivity contribution is 5.68. The van der Waals surface area contributed by atoms with Crippen LogP contribution >= 0.6 is 0 Å². The third-order valence-corrected chi connectivity index (χ3v) is 3.62. The maximum absolute atomic E-state index is 12.5. The lowest BCUT2D eigenvalue weighted by Gasteiger charge is -2.21. The van der Waals surface area contributed by atoms with E-state index in [9.17, 15) is 13.2 Å². The minimum atomic E-state index is -4.75. The Hall–Kier alpha value is -3.29. The Morgan fingerprint density at radius 1 is 0.862 bits per heavy atom. The van der Waals surface area contributed by atoms with Gasteiger partial charge in [0.2, 0.25) is 5.95 Å². The average molecular weight is 402 g/mol. The first-order valence-electron chi connectivity index (χ1n) is 8.93. The third-order valence-electron chi connectivity index (χ3n) is 3.62. The van der Waals surface area contributed by atoms with Crippen LogP contribution in [-0.2, 0) is 0 Å². The van der Waals surface area contributed by atoms with Gasteiger partial charge in [-0.15, -0.1) is 13.2 Å². The van der Waals surface area contributed by atoms with Gasteiger partial charge in [0.05, 0.1) is 5.69 Å². The van der Waals surface area contributed by atoms with Crippen LogP contribution in [0.3, 0.4) is 0 Å². The summed E-state index contributed by atoms with van der Waals surface area (Å²) in [6.45, 7) is 5.95. The summed E-state index contributed by atoms with van der Waals surface area (Å²) >= 11 is 0. The van der Waals surface area contributed by atoms with Crippen molar-refractivity contribution in [1.29, 1.82) is 0 Å². The van der Waals surface area contributed by atoms with Crippen molar-refractivity contribution in [1.82, 2.24) is 9.97 Å². The Balaban J connectivity index is 1.94. The minimum Gasteiger partial charge on any atom is -0.406 e. The molecule has 152 valence electrons. The highest BCUT2D eigenvalue weighted by Crippen LogP contribution is 2.28. The molecular formula is C21H21F3N4O. The lowest BCUT2D eigenvalue weighted by Crippen LogP contribution is -2.27. The fourth-order valence-electron chi connectivity index (χ4n) is 2.58. The first-order valence-corrected chi connectivity index (χ1v) is 8.93. The van der Waals surface area contributed by atoms with Crippen molar-refractivity contribution in [3.63, 3.8) is 0 Å². The van der Waals surface area contributed by atoms with Gasteiger partial charge in [-0.1, -0.05) is 36.4 Å². The van der Waals surface area contributed by atoms with Gasteiger partial charge < -0.3 is 15.4 Å². The van der Waals surface area contributed by atoms with Crippen LogP contribution in [0.15, 0.2) is 60.7 Å². The summed E-state index contributed by atoms with van der Waals surface area (Å²) in [6.07, 6.45) is -4.75. The molecule has 0 radical (unpaired) electrons. The number of benzene rings is 2. The molecule has 0 aliphatic carbocycles. The largest absolute Gasteiger partial charge is 0.573 e. The number of hydrogen-bond donors (Lipinski definition) is 2. The van der Waals surface area contributed by atoms with Crippen molar-refractivity contribution in [3.8, 4) is 17.0 Å². The summed E-state index contributed by atoms with van der Waals surface area (Å²) in [6, 6.07) is 16.9. The number of rotatable bonds is 5. The number of nitrogens with zero attached hydrogens (tertiary/aromatic N) is 2. The molecule has 2 N–H and O–H groups in total. The van der Waals surface area contributed by atoms with E-state index in [4.69, 9.17) is 0 Å². The Morgan fingerprint density at radius 2 is 1.59 bits per heavy atom. The summed E-state index contributed by atoms with van der Waals surface area (Å²) in [4.78, 5) is 9.01. The summed E-state index contributed by atoms with van der Waals surface area (Å²) < 4.78 is 41.4. The van der Waals surface area contributed by atoms with Crippen molar-refractivity contribution in [3.05, 3.63) is 60.7 Å². The molecule has 0 atom stereocenters. The summed E-state index contributed by atoms with van der Waals surface area (Å²) in [5.41, 5.74) is 1.71. The van der Waals surface area contributed by atoms with Gasteiger partial charge in [0.25, 0.3) is 0 Å². The van der Waals surface area contributed by atoms with Crippen LogP contribution in [0.1, 0.15) is 20.8 Å². The molecule has 0 bridgehead atoms. The molecule has 0 saturated carbocycles. The van der Waals surface area contributed by atoms with Crippen LogP contribution in [0.2, 0.25) is 0 Å². The first-order chi connectivity index (χ1) is 13.6. The van der Waals surface area contributed by atoms with Crippen molar-refractivity contribution in [2.45, 2.75) is 32.7 Å². The molecule has 8 heteroatoms. The predicted molar refractivity (Wildman–Crippen MR) is 107 cm³/mol. The topological polar surface area (TPSA) is 59.1 Å². The lowest BCUT2D eigenvalue weighted by atomic mass is 10.1. The lowest BCUT2D eigenvalue weighted by molar-refractivity contribution is -0.274. The number of halogens is 3. The number of alkyl halides is 3. The Kier molecular flexibility index (Phi) is 5.63. The van der Waals surface area contributed by atoms with Crippen LogP contribution in [0.4, 0.5) is 30.6 Å². The van der Waals surface area contributed by atoms with E-state index >= 15 is 0 Å². The van der Waals surface area contributed by atoms with Crippen LogP contribution in [0.25, 0.3) is 11.3 Å². The highest BCUT2D eigenvalue weighted by atomic mass is 19.4. The summed E-state index contributed by atoms with van der Waals surface area (Å²) in [5.74, 6) is 0.534. The number of anilines is 3. The van der Waals surface area contributed by atoms with Gasteiger partial charge in [-0.3, -0.25) is 0 Å². The van der Waals surface area contributed by atoms with E-state index in [-0.39, 0.29) is 11.3 Å². The van der Waals surface area contributed by atoms with Gasteiger partial charge in [0, 0.05) is 28.9 Å². The molecule has 2 aromatic carbocycles. The zero-order valence-electron chi connectivity index (χ0n) is 16.2. The molecule has 1 heterocycles. The van der Waals surface area contributed by atoms with Crippen LogP contribution in [-0.4, -0.2) is 21.9 Å². The van der Waals surface area contributed by atoms with Crippen molar-refractivity contribution >= 4 is 17.5 Å². The van der Waals surface area contributed by atoms with Gasteiger partial charge in [-0.25, -0.2) is 4.98 Å². The van der Waals surface area contributed by atoms with E-state index in [0.29, 0.717) is 23.1 Å². The van der Waals surface area contributed by atoms with E-state index in [0.717, 1.165) is 5.56 Å². The van der Waals surface area contributed by atoms with Crippen LogP contribution in [0, 0.1) is 0 Å². The van der Waals surface area contributed by atoms with E-state index < -0.39 is 6.36 Å². The third kappa shape index (κ3) is 6.38.